The fraction of sp³-hybridized carbons (Fsp3) is 0.500. The third-order valence-electron chi connectivity index (χ3n) is 4.08. The topological polar surface area (TPSA) is 35.5 Å². The van der Waals surface area contributed by atoms with Gasteiger partial charge in [0.25, 0.3) is 0 Å². The summed E-state index contributed by atoms with van der Waals surface area (Å²) >= 11 is 0. The summed E-state index contributed by atoms with van der Waals surface area (Å²) in [6.45, 7) is 13.0. The number of ketones is 1. The number of carbonyl (C=O) groups is 1. The fourth-order valence-electron chi connectivity index (χ4n) is 1.57. The highest BCUT2D eigenvalue weighted by atomic mass is 28.4. The number of Topliss-reactive ketones (excluding diaryl/α,β-unsaturated/α-hetero) is 1. The summed E-state index contributed by atoms with van der Waals surface area (Å²) < 4.78 is 11.5. The Hall–Kier alpha value is -1.57. The first-order chi connectivity index (χ1) is 10.1. The van der Waals surface area contributed by atoms with Gasteiger partial charge in [0.2, 0.25) is 5.78 Å². The van der Waals surface area contributed by atoms with E-state index in [1.165, 1.54) is 6.92 Å². The lowest BCUT2D eigenvalue weighted by atomic mass is 10.1. The zero-order chi connectivity index (χ0) is 17.0. The molecule has 0 unspecified atom stereocenters. The summed E-state index contributed by atoms with van der Waals surface area (Å²) in [7, 11) is -0.205. The van der Waals surface area contributed by atoms with Gasteiger partial charge < -0.3 is 9.16 Å². The van der Waals surface area contributed by atoms with Gasteiger partial charge in [0.15, 0.2) is 8.32 Å². The van der Waals surface area contributed by atoms with Crippen molar-refractivity contribution in [1.82, 2.24) is 0 Å². The first-order valence-electron chi connectivity index (χ1n) is 7.40. The second kappa shape index (κ2) is 7.13. The molecule has 0 atom stereocenters. The molecule has 0 amide bonds. The molecule has 1 rings (SSSR count). The second-order valence-electron chi connectivity index (χ2n) is 6.88. The van der Waals surface area contributed by atoms with E-state index in [0.29, 0.717) is 6.61 Å². The van der Waals surface area contributed by atoms with E-state index in [0.717, 1.165) is 16.9 Å². The van der Waals surface area contributed by atoms with Gasteiger partial charge in [-0.15, -0.1) is 0 Å². The molecule has 0 aliphatic heterocycles. The van der Waals surface area contributed by atoms with Gasteiger partial charge in [-0.1, -0.05) is 26.7 Å². The van der Waals surface area contributed by atoms with Crippen LogP contribution in [0.25, 0.3) is 0 Å². The molecule has 0 spiro atoms. The molecule has 0 aromatic heterocycles. The largest absolute Gasteiger partial charge is 0.497 e. The van der Waals surface area contributed by atoms with Gasteiger partial charge >= 0.3 is 0 Å². The number of rotatable bonds is 4. The highest BCUT2D eigenvalue weighted by molar-refractivity contribution is 6.74. The van der Waals surface area contributed by atoms with Crippen molar-refractivity contribution < 1.29 is 14.0 Å². The molecular formula is C18H26O3Si. The Balaban J connectivity index is 3.07. The Labute approximate surface area is 135 Å². The SMILES string of the molecule is COc1ccc(C#CC(C)=O)c(CO[Si](C)(C)C(C)(C)C)c1. The zero-order valence-electron chi connectivity index (χ0n) is 14.7. The average molecular weight is 318 g/mol. The lowest BCUT2D eigenvalue weighted by molar-refractivity contribution is -0.111. The van der Waals surface area contributed by atoms with Crippen LogP contribution in [0.4, 0.5) is 0 Å². The summed E-state index contributed by atoms with van der Waals surface area (Å²) in [6, 6.07) is 5.65. The van der Waals surface area contributed by atoms with Crippen molar-refractivity contribution in [2.75, 3.05) is 7.11 Å². The molecule has 0 bridgehead atoms. The van der Waals surface area contributed by atoms with E-state index >= 15 is 0 Å². The standard InChI is InChI=1S/C18H26O3Si/c1-14(19)8-9-15-10-11-17(20-5)12-16(15)13-21-22(6,7)18(2,3)4/h10-12H,13H2,1-7H3. The number of hydrogen-bond donors (Lipinski definition) is 0. The molecule has 0 radical (unpaired) electrons. The Morgan fingerprint density at radius 2 is 1.91 bits per heavy atom. The van der Waals surface area contributed by atoms with Crippen LogP contribution < -0.4 is 4.74 Å². The normalized spacial score (nSPS) is 11.6. The highest BCUT2D eigenvalue weighted by Gasteiger charge is 2.37. The monoisotopic (exact) mass is 318 g/mol. The van der Waals surface area contributed by atoms with Crippen LogP contribution in [-0.4, -0.2) is 21.2 Å². The number of methoxy groups -OCH3 is 1. The summed E-state index contributed by atoms with van der Waals surface area (Å²) in [5, 5.41) is 0.150. The van der Waals surface area contributed by atoms with Crippen LogP contribution in [0.15, 0.2) is 18.2 Å². The van der Waals surface area contributed by atoms with Crippen LogP contribution in [0.2, 0.25) is 18.1 Å². The molecule has 0 N–H and O–H groups in total. The van der Waals surface area contributed by atoms with Crippen molar-refractivity contribution in [3.05, 3.63) is 29.3 Å². The van der Waals surface area contributed by atoms with Crippen molar-refractivity contribution in [3.63, 3.8) is 0 Å². The van der Waals surface area contributed by atoms with E-state index in [-0.39, 0.29) is 10.8 Å². The van der Waals surface area contributed by atoms with Gasteiger partial charge in [-0.3, -0.25) is 4.79 Å². The lowest BCUT2D eigenvalue weighted by Gasteiger charge is -2.36. The Kier molecular flexibility index (Phi) is 5.98. The van der Waals surface area contributed by atoms with Crippen LogP contribution >= 0.6 is 0 Å². The molecule has 1 aromatic rings. The van der Waals surface area contributed by atoms with E-state index < -0.39 is 8.32 Å². The molecule has 22 heavy (non-hydrogen) atoms. The Bertz CT molecular complexity index is 601. The van der Waals surface area contributed by atoms with Crippen molar-refractivity contribution in [2.24, 2.45) is 0 Å². The molecular weight excluding hydrogens is 292 g/mol. The molecule has 0 fully saturated rings. The van der Waals surface area contributed by atoms with Gasteiger partial charge in [-0.25, -0.2) is 0 Å². The fourth-order valence-corrected chi connectivity index (χ4v) is 2.52. The quantitative estimate of drug-likeness (QED) is 0.618. The van der Waals surface area contributed by atoms with Crippen LogP contribution in [0.5, 0.6) is 5.75 Å². The Morgan fingerprint density at radius 3 is 2.41 bits per heavy atom. The van der Waals surface area contributed by atoms with Gasteiger partial charge in [-0.05, 0) is 47.8 Å². The van der Waals surface area contributed by atoms with Crippen LogP contribution in [0, 0.1) is 11.8 Å². The first-order valence-corrected chi connectivity index (χ1v) is 10.3. The highest BCUT2D eigenvalue weighted by Crippen LogP contribution is 2.37. The summed E-state index contributed by atoms with van der Waals surface area (Å²) in [6.07, 6.45) is 0. The molecule has 120 valence electrons. The van der Waals surface area contributed by atoms with E-state index in [1.807, 2.05) is 18.2 Å². The minimum absolute atomic E-state index is 0.146. The first kappa shape index (κ1) is 18.5. The molecule has 0 heterocycles. The Morgan fingerprint density at radius 1 is 1.27 bits per heavy atom. The molecule has 0 saturated carbocycles. The smallest absolute Gasteiger partial charge is 0.202 e. The summed E-state index contributed by atoms with van der Waals surface area (Å²) in [5.74, 6) is 6.13. The molecule has 0 saturated heterocycles. The predicted molar refractivity (Wildman–Crippen MR) is 92.5 cm³/mol. The summed E-state index contributed by atoms with van der Waals surface area (Å²) in [4.78, 5) is 11.1. The maximum Gasteiger partial charge on any atom is 0.202 e. The minimum Gasteiger partial charge on any atom is -0.497 e. The molecule has 0 aliphatic carbocycles. The van der Waals surface area contributed by atoms with E-state index in [4.69, 9.17) is 9.16 Å². The van der Waals surface area contributed by atoms with E-state index in [2.05, 4.69) is 45.7 Å². The number of ether oxygens (including phenoxy) is 1. The number of benzene rings is 1. The molecule has 0 aliphatic rings. The maximum absolute atomic E-state index is 11.1. The number of hydrogen-bond acceptors (Lipinski definition) is 3. The summed E-state index contributed by atoms with van der Waals surface area (Å²) in [5.41, 5.74) is 1.77. The third-order valence-corrected chi connectivity index (χ3v) is 8.56. The maximum atomic E-state index is 11.1. The number of carbonyl (C=O) groups excluding carboxylic acids is 1. The zero-order valence-corrected chi connectivity index (χ0v) is 15.7. The molecule has 4 heteroatoms. The van der Waals surface area contributed by atoms with Gasteiger partial charge in [0.05, 0.1) is 13.7 Å². The van der Waals surface area contributed by atoms with Crippen molar-refractivity contribution in [1.29, 1.82) is 0 Å². The minimum atomic E-state index is -1.84. The van der Waals surface area contributed by atoms with Crippen LogP contribution in [-0.2, 0) is 15.8 Å². The lowest BCUT2D eigenvalue weighted by Crippen LogP contribution is -2.40. The van der Waals surface area contributed by atoms with Crippen LogP contribution in [0.1, 0.15) is 38.8 Å². The van der Waals surface area contributed by atoms with Gasteiger partial charge in [0.1, 0.15) is 5.75 Å². The van der Waals surface area contributed by atoms with Crippen molar-refractivity contribution in [3.8, 4) is 17.6 Å². The molecule has 1 aromatic carbocycles. The van der Waals surface area contributed by atoms with Gasteiger partial charge in [0, 0.05) is 12.5 Å². The predicted octanol–water partition coefficient (Wildman–Crippen LogP) is 4.16. The van der Waals surface area contributed by atoms with Crippen molar-refractivity contribution >= 4 is 14.1 Å². The van der Waals surface area contributed by atoms with Gasteiger partial charge in [-0.2, -0.15) is 0 Å². The van der Waals surface area contributed by atoms with Crippen molar-refractivity contribution in [2.45, 2.75) is 52.4 Å². The second-order valence-corrected chi connectivity index (χ2v) is 11.7. The van der Waals surface area contributed by atoms with E-state index in [9.17, 15) is 4.79 Å². The third kappa shape index (κ3) is 5.01. The van der Waals surface area contributed by atoms with E-state index in [1.54, 1.807) is 7.11 Å². The van der Waals surface area contributed by atoms with Crippen LogP contribution in [0.3, 0.4) is 0 Å². The average Bonchev–Trinajstić information content (AvgIpc) is 2.41. The molecule has 3 nitrogen and oxygen atoms in total.